The van der Waals surface area contributed by atoms with Crippen LogP contribution in [0.1, 0.15) is 49.1 Å². The van der Waals surface area contributed by atoms with Gasteiger partial charge in [0.1, 0.15) is 0 Å². The van der Waals surface area contributed by atoms with E-state index in [0.29, 0.717) is 6.04 Å². The van der Waals surface area contributed by atoms with Crippen LogP contribution in [0.5, 0.6) is 0 Å². The fourth-order valence-electron chi connectivity index (χ4n) is 3.39. The van der Waals surface area contributed by atoms with E-state index in [2.05, 4.69) is 39.1 Å². The van der Waals surface area contributed by atoms with E-state index in [9.17, 15) is 0 Å². The van der Waals surface area contributed by atoms with Crippen LogP contribution in [0.2, 0.25) is 0 Å². The van der Waals surface area contributed by atoms with Crippen molar-refractivity contribution in [2.24, 2.45) is 0 Å². The van der Waals surface area contributed by atoms with Crippen molar-refractivity contribution in [2.75, 3.05) is 19.6 Å². The molecule has 2 heterocycles. The zero-order valence-corrected chi connectivity index (χ0v) is 14.0. The minimum atomic E-state index is 0.601. The van der Waals surface area contributed by atoms with Crippen LogP contribution in [-0.4, -0.2) is 30.6 Å². The van der Waals surface area contributed by atoms with Gasteiger partial charge in [-0.3, -0.25) is 0 Å². The lowest BCUT2D eigenvalue weighted by molar-refractivity contribution is 0.196. The van der Waals surface area contributed by atoms with Crippen LogP contribution >= 0.6 is 27.3 Å². The maximum atomic E-state index is 3.93. The van der Waals surface area contributed by atoms with Crippen LogP contribution in [0, 0.1) is 0 Å². The van der Waals surface area contributed by atoms with Gasteiger partial charge in [-0.05, 0) is 79.3 Å². The Morgan fingerprint density at radius 3 is 2.89 bits per heavy atom. The maximum Gasteiger partial charge on any atom is 0.0704 e. The molecule has 0 amide bonds. The van der Waals surface area contributed by atoms with Crippen LogP contribution in [0.3, 0.4) is 0 Å². The molecule has 1 unspecified atom stereocenters. The third-order valence-corrected chi connectivity index (χ3v) is 6.27. The van der Waals surface area contributed by atoms with E-state index in [1.54, 1.807) is 10.4 Å². The van der Waals surface area contributed by atoms with Crippen molar-refractivity contribution in [2.45, 2.75) is 51.1 Å². The molecule has 2 nitrogen and oxygen atoms in total. The van der Waals surface area contributed by atoms with Crippen LogP contribution in [-0.2, 0) is 6.42 Å². The molecule has 1 aliphatic heterocycles. The van der Waals surface area contributed by atoms with Gasteiger partial charge in [0.15, 0.2) is 0 Å². The Morgan fingerprint density at radius 1 is 1.37 bits per heavy atom. The first-order chi connectivity index (χ1) is 9.26. The summed E-state index contributed by atoms with van der Waals surface area (Å²) in [5, 5.41) is 3.93. The molecule has 3 rings (SSSR count). The molecule has 0 radical (unpaired) electrons. The summed E-state index contributed by atoms with van der Waals surface area (Å²) in [6.07, 6.45) is 6.55. The second kappa shape index (κ2) is 6.25. The quantitative estimate of drug-likeness (QED) is 0.894. The average Bonchev–Trinajstić information content (AvgIpc) is 2.81. The summed E-state index contributed by atoms with van der Waals surface area (Å²) >= 11 is 5.57. The van der Waals surface area contributed by atoms with Gasteiger partial charge in [-0.25, -0.2) is 0 Å². The first-order valence-corrected chi connectivity index (χ1v) is 9.13. The Bertz CT molecular complexity index is 424. The van der Waals surface area contributed by atoms with Gasteiger partial charge < -0.3 is 10.2 Å². The second-order valence-corrected chi connectivity index (χ2v) is 8.27. The van der Waals surface area contributed by atoms with Gasteiger partial charge in [0.25, 0.3) is 0 Å². The molecule has 1 N–H and O–H groups in total. The monoisotopic (exact) mass is 342 g/mol. The molecular weight excluding hydrogens is 320 g/mol. The van der Waals surface area contributed by atoms with Crippen LogP contribution in [0.25, 0.3) is 0 Å². The normalized spacial score (nSPS) is 25.5. The van der Waals surface area contributed by atoms with Gasteiger partial charge >= 0.3 is 0 Å². The molecule has 0 aromatic carbocycles. The summed E-state index contributed by atoms with van der Waals surface area (Å²) in [5.41, 5.74) is 1.57. The summed E-state index contributed by atoms with van der Waals surface area (Å²) in [7, 11) is 0. The van der Waals surface area contributed by atoms with Gasteiger partial charge in [0.2, 0.25) is 0 Å². The Labute approximate surface area is 128 Å². The molecule has 19 heavy (non-hydrogen) atoms. The second-order valence-electron chi connectivity index (χ2n) is 5.75. The summed E-state index contributed by atoms with van der Waals surface area (Å²) in [6.45, 7) is 6.00. The van der Waals surface area contributed by atoms with Crippen molar-refractivity contribution in [1.82, 2.24) is 10.2 Å². The topological polar surface area (TPSA) is 15.3 Å². The number of nitrogens with zero attached hydrogens (tertiary/aromatic N) is 1. The highest BCUT2D eigenvalue weighted by Gasteiger charge is 2.26. The predicted octanol–water partition coefficient (Wildman–Crippen LogP) is 3.96. The van der Waals surface area contributed by atoms with Gasteiger partial charge in [-0.2, -0.15) is 0 Å². The maximum absolute atomic E-state index is 3.93. The van der Waals surface area contributed by atoms with Crippen molar-refractivity contribution in [3.8, 4) is 0 Å². The summed E-state index contributed by atoms with van der Waals surface area (Å²) < 4.78 is 1.30. The lowest BCUT2D eigenvalue weighted by Crippen LogP contribution is -2.44. The molecule has 0 bridgehead atoms. The van der Waals surface area contributed by atoms with Crippen molar-refractivity contribution >= 4 is 27.3 Å². The molecule has 1 aliphatic carbocycles. The largest absolute Gasteiger partial charge is 0.307 e. The lowest BCUT2D eigenvalue weighted by Gasteiger charge is -2.35. The van der Waals surface area contributed by atoms with Crippen LogP contribution in [0.15, 0.2) is 9.85 Å². The van der Waals surface area contributed by atoms with E-state index in [1.165, 1.54) is 55.5 Å². The summed E-state index contributed by atoms with van der Waals surface area (Å²) in [4.78, 5) is 4.16. The Balaban J connectivity index is 1.62. The Hall–Kier alpha value is 0.100. The molecule has 1 atom stereocenters. The van der Waals surface area contributed by atoms with E-state index in [1.807, 2.05) is 11.3 Å². The third-order valence-electron chi connectivity index (χ3n) is 4.56. The van der Waals surface area contributed by atoms with Gasteiger partial charge in [0.05, 0.1) is 3.79 Å². The average molecular weight is 343 g/mol. The highest BCUT2D eigenvalue weighted by Crippen LogP contribution is 2.38. The minimum Gasteiger partial charge on any atom is -0.307 e. The first kappa shape index (κ1) is 14.1. The molecule has 1 saturated heterocycles. The van der Waals surface area contributed by atoms with Crippen molar-refractivity contribution < 1.29 is 0 Å². The third kappa shape index (κ3) is 3.23. The molecule has 4 heteroatoms. The van der Waals surface area contributed by atoms with Gasteiger partial charge in [-0.15, -0.1) is 11.3 Å². The number of halogens is 1. The van der Waals surface area contributed by atoms with Crippen LogP contribution in [0.4, 0.5) is 0 Å². The van der Waals surface area contributed by atoms with E-state index in [0.717, 1.165) is 6.04 Å². The lowest BCUT2D eigenvalue weighted by atomic mass is 9.92. The van der Waals surface area contributed by atoms with Crippen molar-refractivity contribution in [3.63, 3.8) is 0 Å². The number of rotatable bonds is 3. The molecule has 0 spiro atoms. The fourth-order valence-corrected chi connectivity index (χ4v) is 5.21. The number of thiophene rings is 1. The Kier molecular flexibility index (Phi) is 4.62. The van der Waals surface area contributed by atoms with E-state index in [4.69, 9.17) is 0 Å². The van der Waals surface area contributed by atoms with E-state index >= 15 is 0 Å². The molecule has 1 aromatic rings. The van der Waals surface area contributed by atoms with Crippen LogP contribution < -0.4 is 5.32 Å². The molecule has 106 valence electrons. The van der Waals surface area contributed by atoms with Crippen molar-refractivity contribution in [1.29, 1.82) is 0 Å². The number of nitrogens with one attached hydrogen (secondary N) is 1. The fraction of sp³-hybridized carbons (Fsp3) is 0.733. The zero-order valence-electron chi connectivity index (χ0n) is 11.6. The zero-order chi connectivity index (χ0) is 13.2. The highest BCUT2D eigenvalue weighted by molar-refractivity contribution is 9.11. The first-order valence-electron chi connectivity index (χ1n) is 7.52. The number of hydrogen-bond donors (Lipinski definition) is 1. The molecule has 1 aromatic heterocycles. The number of hydrogen-bond acceptors (Lipinski definition) is 3. The minimum absolute atomic E-state index is 0.601. The summed E-state index contributed by atoms with van der Waals surface area (Å²) in [5.74, 6) is 0. The van der Waals surface area contributed by atoms with Gasteiger partial charge in [-0.1, -0.05) is 6.92 Å². The smallest absolute Gasteiger partial charge is 0.0704 e. The molecular formula is C15H23BrN2S. The Morgan fingerprint density at radius 2 is 2.16 bits per heavy atom. The number of fused-ring (bicyclic) bond motifs is 1. The number of likely N-dealkylation sites (tertiary alicyclic amines) is 1. The van der Waals surface area contributed by atoms with E-state index < -0.39 is 0 Å². The SMILES string of the molecule is CCN1CCC(NC2CCCc3sc(Br)cc32)CC1. The van der Waals surface area contributed by atoms with Gasteiger partial charge in [0, 0.05) is 17.0 Å². The summed E-state index contributed by atoms with van der Waals surface area (Å²) in [6, 6.07) is 3.67. The molecule has 0 saturated carbocycles. The highest BCUT2D eigenvalue weighted by atomic mass is 79.9. The van der Waals surface area contributed by atoms with Crippen molar-refractivity contribution in [3.05, 3.63) is 20.3 Å². The number of piperidine rings is 1. The number of aryl methyl sites for hydroxylation is 1. The molecule has 2 aliphatic rings. The predicted molar refractivity (Wildman–Crippen MR) is 86.0 cm³/mol. The standard InChI is InChI=1S/C15H23BrN2S/c1-2-18-8-6-11(7-9-18)17-13-4-3-5-14-12(13)10-15(16)19-14/h10-11,13,17H,2-9H2,1H3. The molecule has 1 fully saturated rings. The van der Waals surface area contributed by atoms with E-state index in [-0.39, 0.29) is 0 Å².